The minimum Gasteiger partial charge on any atom is -0.324 e. The third-order valence-corrected chi connectivity index (χ3v) is 2.14. The molecule has 0 heterocycles. The highest BCUT2D eigenvalue weighted by Crippen LogP contribution is 2.23. The van der Waals surface area contributed by atoms with Crippen LogP contribution in [-0.2, 0) is 0 Å². The average molecular weight is 183 g/mol. The third-order valence-electron chi connectivity index (χ3n) is 1.79. The quantitative estimate of drug-likeness (QED) is 0.765. The van der Waals surface area contributed by atoms with Crippen LogP contribution in [0.15, 0.2) is 24.3 Å². The largest absolute Gasteiger partial charge is 0.324 e. The van der Waals surface area contributed by atoms with Crippen LogP contribution in [0.1, 0.15) is 24.9 Å². The first-order valence-corrected chi connectivity index (χ1v) is 4.41. The van der Waals surface area contributed by atoms with E-state index in [0.717, 1.165) is 17.0 Å². The Morgan fingerprint density at radius 3 is 2.75 bits per heavy atom. The van der Waals surface area contributed by atoms with Crippen LogP contribution in [0, 0.1) is 6.42 Å². The van der Waals surface area contributed by atoms with E-state index < -0.39 is 0 Å². The fourth-order valence-electron chi connectivity index (χ4n) is 1.16. The fraction of sp³-hybridized carbons (Fsp3) is 0.300. The lowest BCUT2D eigenvalue weighted by atomic mass is 10.0. The van der Waals surface area contributed by atoms with Crippen LogP contribution in [0.3, 0.4) is 0 Å². The van der Waals surface area contributed by atoms with Crippen molar-refractivity contribution >= 4 is 11.6 Å². The molecule has 1 rings (SSSR count). The van der Waals surface area contributed by atoms with Gasteiger partial charge in [0.15, 0.2) is 0 Å². The third kappa shape index (κ3) is 2.23. The molecule has 12 heavy (non-hydrogen) atoms. The zero-order valence-electron chi connectivity index (χ0n) is 7.13. The summed E-state index contributed by atoms with van der Waals surface area (Å²) >= 11 is 5.96. The number of halogens is 1. The van der Waals surface area contributed by atoms with Crippen LogP contribution >= 0.6 is 11.6 Å². The van der Waals surface area contributed by atoms with Gasteiger partial charge in [-0.15, -0.1) is 0 Å². The predicted octanol–water partition coefficient (Wildman–Crippen LogP) is 2.95. The van der Waals surface area contributed by atoms with Gasteiger partial charge < -0.3 is 5.73 Å². The van der Waals surface area contributed by atoms with Crippen LogP contribution in [0.2, 0.25) is 5.02 Å². The van der Waals surface area contributed by atoms with Gasteiger partial charge >= 0.3 is 0 Å². The molecular weight excluding hydrogens is 170 g/mol. The zero-order valence-corrected chi connectivity index (χ0v) is 7.88. The van der Waals surface area contributed by atoms with Crippen molar-refractivity contribution in [3.05, 3.63) is 41.3 Å². The monoisotopic (exact) mass is 182 g/mol. The van der Waals surface area contributed by atoms with Crippen molar-refractivity contribution in [3.63, 3.8) is 0 Å². The molecule has 0 aromatic heterocycles. The van der Waals surface area contributed by atoms with Gasteiger partial charge in [-0.05, 0) is 24.5 Å². The Morgan fingerprint density at radius 1 is 1.50 bits per heavy atom. The molecule has 65 valence electrons. The molecule has 0 spiro atoms. The molecule has 1 aromatic rings. The van der Waals surface area contributed by atoms with E-state index >= 15 is 0 Å². The Hall–Kier alpha value is -0.530. The van der Waals surface area contributed by atoms with Gasteiger partial charge in [-0.1, -0.05) is 36.7 Å². The van der Waals surface area contributed by atoms with Crippen LogP contribution in [0.5, 0.6) is 0 Å². The van der Waals surface area contributed by atoms with Gasteiger partial charge in [0.05, 0.1) is 0 Å². The molecule has 0 aliphatic rings. The van der Waals surface area contributed by atoms with Crippen molar-refractivity contribution in [1.29, 1.82) is 0 Å². The molecule has 1 unspecified atom stereocenters. The first-order chi connectivity index (χ1) is 5.75. The molecule has 1 atom stereocenters. The first kappa shape index (κ1) is 9.56. The number of hydrogen-bond donors (Lipinski definition) is 1. The second-order valence-corrected chi connectivity index (χ2v) is 3.18. The lowest BCUT2D eigenvalue weighted by Gasteiger charge is -2.11. The summed E-state index contributed by atoms with van der Waals surface area (Å²) in [5, 5.41) is 0.756. The van der Waals surface area contributed by atoms with E-state index in [1.54, 1.807) is 0 Å². The van der Waals surface area contributed by atoms with Gasteiger partial charge in [0.1, 0.15) is 0 Å². The molecular formula is C10H13ClN. The maximum Gasteiger partial charge on any atom is 0.0453 e. The van der Waals surface area contributed by atoms with E-state index in [0.29, 0.717) is 0 Å². The summed E-state index contributed by atoms with van der Waals surface area (Å²) in [6.07, 6.45) is 2.91. The molecule has 1 radical (unpaired) electrons. The van der Waals surface area contributed by atoms with Crippen molar-refractivity contribution in [3.8, 4) is 0 Å². The molecule has 0 aliphatic heterocycles. The highest BCUT2D eigenvalue weighted by molar-refractivity contribution is 6.31. The number of hydrogen-bond acceptors (Lipinski definition) is 1. The summed E-state index contributed by atoms with van der Waals surface area (Å²) in [6.45, 7) is 2.00. The summed E-state index contributed by atoms with van der Waals surface area (Å²) in [4.78, 5) is 0. The molecule has 0 aliphatic carbocycles. The van der Waals surface area contributed by atoms with Gasteiger partial charge in [-0.25, -0.2) is 0 Å². The Balaban J connectivity index is 2.79. The minimum atomic E-state index is 0.0312. The summed E-state index contributed by atoms with van der Waals surface area (Å²) < 4.78 is 0. The van der Waals surface area contributed by atoms with Crippen molar-refractivity contribution < 1.29 is 0 Å². The van der Waals surface area contributed by atoms with Crippen LogP contribution in [-0.4, -0.2) is 0 Å². The molecule has 0 saturated carbocycles. The maximum atomic E-state index is 5.96. The van der Waals surface area contributed by atoms with Crippen molar-refractivity contribution in [1.82, 2.24) is 0 Å². The van der Waals surface area contributed by atoms with Gasteiger partial charge in [0.2, 0.25) is 0 Å². The van der Waals surface area contributed by atoms with E-state index in [1.165, 1.54) is 0 Å². The normalized spacial score (nSPS) is 12.9. The van der Waals surface area contributed by atoms with E-state index in [1.807, 2.05) is 37.6 Å². The van der Waals surface area contributed by atoms with E-state index in [9.17, 15) is 0 Å². The SMILES string of the molecule is C[CH]CC(N)c1ccccc1Cl. The maximum absolute atomic E-state index is 5.96. The van der Waals surface area contributed by atoms with E-state index in [2.05, 4.69) is 0 Å². The second-order valence-electron chi connectivity index (χ2n) is 2.77. The van der Waals surface area contributed by atoms with Crippen molar-refractivity contribution in [2.75, 3.05) is 0 Å². The van der Waals surface area contributed by atoms with Gasteiger partial charge in [-0.2, -0.15) is 0 Å². The lowest BCUT2D eigenvalue weighted by molar-refractivity contribution is 0.712. The molecule has 0 saturated heterocycles. The second kappa shape index (κ2) is 4.48. The number of benzene rings is 1. The van der Waals surface area contributed by atoms with E-state index in [4.69, 9.17) is 17.3 Å². The molecule has 2 heteroatoms. The molecule has 1 nitrogen and oxygen atoms in total. The van der Waals surface area contributed by atoms with E-state index in [-0.39, 0.29) is 6.04 Å². The average Bonchev–Trinajstić information content (AvgIpc) is 2.05. The van der Waals surface area contributed by atoms with Crippen LogP contribution < -0.4 is 5.73 Å². The highest BCUT2D eigenvalue weighted by Gasteiger charge is 2.07. The minimum absolute atomic E-state index is 0.0312. The Morgan fingerprint density at radius 2 is 2.17 bits per heavy atom. The lowest BCUT2D eigenvalue weighted by Crippen LogP contribution is -2.10. The predicted molar refractivity (Wildman–Crippen MR) is 53.0 cm³/mol. The Labute approximate surface area is 78.5 Å². The van der Waals surface area contributed by atoms with Crippen molar-refractivity contribution in [2.45, 2.75) is 19.4 Å². The molecule has 0 bridgehead atoms. The van der Waals surface area contributed by atoms with Gasteiger partial charge in [0.25, 0.3) is 0 Å². The molecule has 0 amide bonds. The molecule has 0 fully saturated rings. The van der Waals surface area contributed by atoms with Crippen LogP contribution in [0.25, 0.3) is 0 Å². The van der Waals surface area contributed by atoms with Gasteiger partial charge in [0, 0.05) is 11.1 Å². The van der Waals surface area contributed by atoms with Crippen LogP contribution in [0.4, 0.5) is 0 Å². The number of nitrogens with two attached hydrogens (primary N) is 1. The topological polar surface area (TPSA) is 26.0 Å². The Bertz CT molecular complexity index is 247. The van der Waals surface area contributed by atoms with Crippen molar-refractivity contribution in [2.24, 2.45) is 5.73 Å². The summed E-state index contributed by atoms with van der Waals surface area (Å²) in [6, 6.07) is 7.73. The first-order valence-electron chi connectivity index (χ1n) is 4.03. The fourth-order valence-corrected chi connectivity index (χ4v) is 1.43. The smallest absolute Gasteiger partial charge is 0.0453 e. The summed E-state index contributed by atoms with van der Waals surface area (Å²) in [5.74, 6) is 0. The Kier molecular flexibility index (Phi) is 3.57. The zero-order chi connectivity index (χ0) is 8.97. The summed E-state index contributed by atoms with van der Waals surface area (Å²) in [5.41, 5.74) is 6.92. The number of rotatable bonds is 3. The standard InChI is InChI=1S/C10H13ClN/c1-2-5-10(12)8-6-3-4-7-9(8)11/h2-4,6-7,10H,5,12H2,1H3. The highest BCUT2D eigenvalue weighted by atomic mass is 35.5. The molecule has 2 N–H and O–H groups in total. The molecule has 1 aromatic carbocycles. The summed E-state index contributed by atoms with van der Waals surface area (Å²) in [7, 11) is 0. The van der Waals surface area contributed by atoms with Gasteiger partial charge in [-0.3, -0.25) is 0 Å².